The molecule has 1 aliphatic heterocycles. The number of carbonyl (C=O) groups excluding carboxylic acids is 2. The first kappa shape index (κ1) is 24.5. The van der Waals surface area contributed by atoms with Crippen LogP contribution in [0.1, 0.15) is 47.7 Å². The van der Waals surface area contributed by atoms with Gasteiger partial charge in [-0.3, -0.25) is 9.59 Å². The molecule has 35 heavy (non-hydrogen) atoms. The zero-order valence-corrected chi connectivity index (χ0v) is 21.3. The van der Waals surface area contributed by atoms with Gasteiger partial charge in [0.25, 0.3) is 5.91 Å². The van der Waals surface area contributed by atoms with Crippen molar-refractivity contribution in [1.82, 2.24) is 10.2 Å². The number of aliphatic hydroxyl groups is 1. The lowest BCUT2D eigenvalue weighted by molar-refractivity contribution is -0.118. The van der Waals surface area contributed by atoms with E-state index in [1.54, 1.807) is 42.5 Å². The Kier molecular flexibility index (Phi) is 7.32. The first-order chi connectivity index (χ1) is 16.9. The van der Waals surface area contributed by atoms with Gasteiger partial charge in [-0.1, -0.05) is 29.3 Å². The van der Waals surface area contributed by atoms with E-state index in [4.69, 9.17) is 27.9 Å². The van der Waals surface area contributed by atoms with Gasteiger partial charge in [0.1, 0.15) is 11.9 Å². The summed E-state index contributed by atoms with van der Waals surface area (Å²) in [4.78, 5) is 28.1. The average Bonchev–Trinajstić information content (AvgIpc) is 3.35. The van der Waals surface area contributed by atoms with Gasteiger partial charge in [-0.05, 0) is 86.1 Å². The van der Waals surface area contributed by atoms with E-state index in [1.165, 1.54) is 11.3 Å². The topological polar surface area (TPSA) is 78.9 Å². The maximum absolute atomic E-state index is 13.0. The molecule has 2 fully saturated rings. The zero-order valence-electron chi connectivity index (χ0n) is 19.0. The van der Waals surface area contributed by atoms with Gasteiger partial charge < -0.3 is 20.1 Å². The van der Waals surface area contributed by atoms with Crippen LogP contribution in [0.4, 0.5) is 0 Å². The Morgan fingerprint density at radius 3 is 2.60 bits per heavy atom. The number of fused-ring (bicyclic) bond motifs is 1. The van der Waals surface area contributed by atoms with Crippen molar-refractivity contribution in [2.45, 2.75) is 43.9 Å². The van der Waals surface area contributed by atoms with E-state index in [1.807, 2.05) is 0 Å². The number of ketones is 1. The predicted molar refractivity (Wildman–Crippen MR) is 139 cm³/mol. The molecule has 2 N–H and O–H groups in total. The predicted octanol–water partition coefficient (Wildman–Crippen LogP) is 5.25. The molecule has 2 unspecified atom stereocenters. The maximum Gasteiger partial charge on any atom is 0.292 e. The van der Waals surface area contributed by atoms with Crippen LogP contribution < -0.4 is 10.1 Å². The summed E-state index contributed by atoms with van der Waals surface area (Å²) in [6.45, 7) is 2.20. The van der Waals surface area contributed by atoms with Gasteiger partial charge in [-0.2, -0.15) is 0 Å². The molecule has 5 rings (SSSR count). The lowest BCUT2D eigenvalue weighted by Crippen LogP contribution is -2.48. The number of nitrogens with one attached hydrogen (secondary N) is 1. The van der Waals surface area contributed by atoms with Gasteiger partial charge in [0.2, 0.25) is 5.78 Å². The molecular weight excluding hydrogens is 507 g/mol. The van der Waals surface area contributed by atoms with Crippen molar-refractivity contribution >= 4 is 56.3 Å². The minimum atomic E-state index is -1.04. The third-order valence-corrected chi connectivity index (χ3v) is 7.96. The Balaban J connectivity index is 1.34. The minimum absolute atomic E-state index is 0.209. The third kappa shape index (κ3) is 5.81. The smallest absolute Gasteiger partial charge is 0.292 e. The highest BCUT2D eigenvalue weighted by atomic mass is 35.5. The molecule has 9 heteroatoms. The van der Waals surface area contributed by atoms with Crippen LogP contribution in [0.15, 0.2) is 42.5 Å². The van der Waals surface area contributed by atoms with Gasteiger partial charge in [0.05, 0.1) is 21.5 Å². The van der Waals surface area contributed by atoms with Crippen molar-refractivity contribution in [3.8, 4) is 5.75 Å². The highest BCUT2D eigenvalue weighted by molar-refractivity contribution is 7.22. The summed E-state index contributed by atoms with van der Waals surface area (Å²) in [5.74, 6) is -0.822. The van der Waals surface area contributed by atoms with Gasteiger partial charge in [-0.25, -0.2) is 0 Å². The molecule has 184 valence electrons. The van der Waals surface area contributed by atoms with Crippen LogP contribution in [0.25, 0.3) is 10.1 Å². The minimum Gasteiger partial charge on any atom is -0.489 e. The number of benzene rings is 2. The van der Waals surface area contributed by atoms with E-state index >= 15 is 0 Å². The molecule has 3 aromatic rings. The Hall–Kier alpha value is -2.16. The number of aliphatic hydroxyl groups excluding tert-OH is 1. The molecule has 0 radical (unpaired) electrons. The Bertz CT molecular complexity index is 1250. The Labute approximate surface area is 217 Å². The first-order valence-electron chi connectivity index (χ1n) is 11.8. The van der Waals surface area contributed by atoms with E-state index in [0.717, 1.165) is 48.9 Å². The molecule has 1 aliphatic carbocycles. The number of likely N-dealkylation sites (tertiary alicyclic amines) is 1. The zero-order chi connectivity index (χ0) is 24.5. The van der Waals surface area contributed by atoms with Crippen molar-refractivity contribution in [1.29, 1.82) is 0 Å². The van der Waals surface area contributed by atoms with Gasteiger partial charge >= 0.3 is 0 Å². The largest absolute Gasteiger partial charge is 0.489 e. The fraction of sp³-hybridized carbons (Fsp3) is 0.385. The number of nitrogens with zero attached hydrogens (tertiary/aromatic N) is 1. The van der Waals surface area contributed by atoms with E-state index in [9.17, 15) is 14.7 Å². The van der Waals surface area contributed by atoms with Crippen molar-refractivity contribution in [2.24, 2.45) is 0 Å². The van der Waals surface area contributed by atoms with E-state index < -0.39 is 23.8 Å². The summed E-state index contributed by atoms with van der Waals surface area (Å²) in [5, 5.41) is 15.3. The second-order valence-electron chi connectivity index (χ2n) is 9.17. The number of ether oxygens (including phenoxy) is 1. The van der Waals surface area contributed by atoms with Gasteiger partial charge in [0, 0.05) is 16.8 Å². The molecule has 2 atom stereocenters. The normalized spacial score (nSPS) is 17.9. The van der Waals surface area contributed by atoms with E-state index in [-0.39, 0.29) is 11.7 Å². The number of hydrogen-bond donors (Lipinski definition) is 2. The van der Waals surface area contributed by atoms with Crippen LogP contribution in [-0.2, 0) is 4.79 Å². The summed E-state index contributed by atoms with van der Waals surface area (Å²) in [6.07, 6.45) is 3.34. The van der Waals surface area contributed by atoms with Crippen LogP contribution in [-0.4, -0.2) is 53.5 Å². The SMILES string of the molecule is O=C(NC(CN1CCCC1)C(O)c1ccc(OC2CC2)c(Cl)c1)C(=O)c1ccc2sc(Cl)cc2c1. The molecule has 0 spiro atoms. The average molecular weight is 533 g/mol. The first-order valence-corrected chi connectivity index (χ1v) is 13.4. The molecule has 1 amide bonds. The molecule has 0 bridgehead atoms. The van der Waals surface area contributed by atoms with Crippen LogP contribution in [0.2, 0.25) is 9.36 Å². The summed E-state index contributed by atoms with van der Waals surface area (Å²) < 4.78 is 7.36. The highest BCUT2D eigenvalue weighted by Gasteiger charge is 2.30. The number of hydrogen-bond acceptors (Lipinski definition) is 6. The Morgan fingerprint density at radius 2 is 1.89 bits per heavy atom. The van der Waals surface area contributed by atoms with Crippen LogP contribution in [0.5, 0.6) is 5.75 Å². The summed E-state index contributed by atoms with van der Waals surface area (Å²) in [5.41, 5.74) is 0.841. The number of amides is 1. The number of carbonyl (C=O) groups is 2. The standard InChI is InChI=1S/C26H26Cl2N2O4S/c27-19-12-16(3-7-21(19)34-18-5-6-18)24(31)20(14-30-9-1-2-10-30)29-26(33)25(32)15-4-8-22-17(11-15)13-23(28)35-22/h3-4,7-8,11-13,18,20,24,31H,1-2,5-6,9-10,14H2,(H,29,33). The van der Waals surface area contributed by atoms with Crippen molar-refractivity contribution in [3.05, 3.63) is 63.0 Å². The lowest BCUT2D eigenvalue weighted by Gasteiger charge is -2.28. The number of rotatable bonds is 9. The fourth-order valence-corrected chi connectivity index (χ4v) is 5.75. The van der Waals surface area contributed by atoms with Crippen molar-refractivity contribution in [3.63, 3.8) is 0 Å². The number of Topliss-reactive ketones (excluding diaryl/α,β-unsaturated/α-hetero) is 1. The summed E-state index contributed by atoms with van der Waals surface area (Å²) in [6, 6.07) is 11.4. The summed E-state index contributed by atoms with van der Waals surface area (Å²) in [7, 11) is 0. The maximum atomic E-state index is 13.0. The fourth-order valence-electron chi connectivity index (χ4n) is 4.38. The third-order valence-electron chi connectivity index (χ3n) is 6.42. The summed E-state index contributed by atoms with van der Waals surface area (Å²) >= 11 is 13.9. The van der Waals surface area contributed by atoms with Crippen LogP contribution in [0, 0.1) is 0 Å². The van der Waals surface area contributed by atoms with Gasteiger partial charge in [-0.15, -0.1) is 11.3 Å². The molecular formula is C26H26Cl2N2O4S. The van der Waals surface area contributed by atoms with Crippen LogP contribution in [0.3, 0.4) is 0 Å². The molecule has 1 saturated carbocycles. The second-order valence-corrected chi connectivity index (χ2v) is 11.3. The monoisotopic (exact) mass is 532 g/mol. The quantitative estimate of drug-likeness (QED) is 0.290. The van der Waals surface area contributed by atoms with Crippen molar-refractivity contribution < 1.29 is 19.4 Å². The van der Waals surface area contributed by atoms with E-state index in [0.29, 0.717) is 27.2 Å². The van der Waals surface area contributed by atoms with Crippen molar-refractivity contribution in [2.75, 3.05) is 19.6 Å². The molecule has 2 aliphatic rings. The molecule has 2 aromatic carbocycles. The molecule has 1 saturated heterocycles. The molecule has 2 heterocycles. The van der Waals surface area contributed by atoms with E-state index in [2.05, 4.69) is 10.2 Å². The van der Waals surface area contributed by atoms with Gasteiger partial charge in [0.15, 0.2) is 0 Å². The lowest BCUT2D eigenvalue weighted by atomic mass is 10.0. The molecule has 6 nitrogen and oxygen atoms in total. The number of halogens is 2. The van der Waals surface area contributed by atoms with Crippen LogP contribution >= 0.6 is 34.5 Å². The number of thiophene rings is 1. The molecule has 1 aromatic heterocycles. The Morgan fingerprint density at radius 1 is 1.11 bits per heavy atom. The highest BCUT2D eigenvalue weighted by Crippen LogP contribution is 2.34. The second kappa shape index (κ2) is 10.4.